The number of hydrogen-bond acceptors (Lipinski definition) is 5. The number of fused-ring (bicyclic) bond motifs is 1. The van der Waals surface area contributed by atoms with Gasteiger partial charge in [-0.15, -0.1) is 0 Å². The van der Waals surface area contributed by atoms with Crippen LogP contribution >= 0.6 is 23.2 Å². The third-order valence-electron chi connectivity index (χ3n) is 3.06. The maximum atomic E-state index is 12.0. The molecule has 0 atom stereocenters. The summed E-state index contributed by atoms with van der Waals surface area (Å²) in [4.78, 5) is 23.9. The van der Waals surface area contributed by atoms with E-state index in [-0.39, 0.29) is 17.6 Å². The minimum atomic E-state index is -1.03. The van der Waals surface area contributed by atoms with Gasteiger partial charge in [-0.25, -0.2) is 0 Å². The van der Waals surface area contributed by atoms with Gasteiger partial charge in [0.05, 0.1) is 11.1 Å². The molecule has 0 fully saturated rings. The standard InChI is InChI=1S/C13H10Cl2O5/c1-2-3-4-9(16)5-6(13(20)10(4)17)12(19)8(15)7(14)11(5)18/h16,18-19H,2-3H2,1H3. The molecule has 0 saturated carbocycles. The molecule has 2 rings (SSSR count). The first kappa shape index (κ1) is 14.7. The zero-order valence-corrected chi connectivity index (χ0v) is 11.8. The molecule has 1 aliphatic carbocycles. The van der Waals surface area contributed by atoms with E-state index in [1.165, 1.54) is 0 Å². The van der Waals surface area contributed by atoms with Crippen LogP contribution in [0.2, 0.25) is 10.0 Å². The molecule has 0 heterocycles. The van der Waals surface area contributed by atoms with Crippen molar-refractivity contribution in [2.45, 2.75) is 19.8 Å². The Hall–Kier alpha value is -1.72. The van der Waals surface area contributed by atoms with Crippen LogP contribution in [0.4, 0.5) is 0 Å². The van der Waals surface area contributed by atoms with Crippen molar-refractivity contribution >= 4 is 40.5 Å². The van der Waals surface area contributed by atoms with Crippen LogP contribution in [0.15, 0.2) is 5.57 Å². The molecule has 106 valence electrons. The Labute approximate surface area is 124 Å². The zero-order chi connectivity index (χ0) is 15.2. The molecule has 0 amide bonds. The first-order valence-electron chi connectivity index (χ1n) is 5.77. The second-order valence-electron chi connectivity index (χ2n) is 4.31. The minimum absolute atomic E-state index is 0.113. The van der Waals surface area contributed by atoms with Gasteiger partial charge in [0.1, 0.15) is 27.3 Å². The second-order valence-corrected chi connectivity index (χ2v) is 5.07. The number of rotatable bonds is 2. The Morgan fingerprint density at radius 3 is 1.90 bits per heavy atom. The fraction of sp³-hybridized carbons (Fsp3) is 0.231. The Morgan fingerprint density at radius 2 is 1.40 bits per heavy atom. The zero-order valence-electron chi connectivity index (χ0n) is 10.3. The number of phenols is 2. The largest absolute Gasteiger partial charge is 0.507 e. The van der Waals surface area contributed by atoms with Crippen LogP contribution in [0.1, 0.15) is 35.7 Å². The van der Waals surface area contributed by atoms with Gasteiger partial charge in [0.15, 0.2) is 0 Å². The molecule has 0 unspecified atom stereocenters. The van der Waals surface area contributed by atoms with Crippen molar-refractivity contribution < 1.29 is 24.9 Å². The Bertz CT molecular complexity index is 676. The monoisotopic (exact) mass is 316 g/mol. The number of hydrogen-bond donors (Lipinski definition) is 3. The second kappa shape index (κ2) is 5.00. The summed E-state index contributed by atoms with van der Waals surface area (Å²) in [6.07, 6.45) is 0.679. The number of aliphatic hydroxyl groups is 1. The summed E-state index contributed by atoms with van der Waals surface area (Å²) in [7, 11) is 0. The molecular weight excluding hydrogens is 307 g/mol. The number of benzene rings is 1. The quantitative estimate of drug-likeness (QED) is 0.575. The van der Waals surface area contributed by atoms with Gasteiger partial charge >= 0.3 is 0 Å². The molecule has 3 N–H and O–H groups in total. The van der Waals surface area contributed by atoms with Gasteiger partial charge in [-0.3, -0.25) is 9.59 Å². The van der Waals surface area contributed by atoms with Crippen LogP contribution in [0.3, 0.4) is 0 Å². The first-order valence-corrected chi connectivity index (χ1v) is 6.52. The van der Waals surface area contributed by atoms with Crippen LogP contribution in [0, 0.1) is 0 Å². The molecule has 0 bridgehead atoms. The average molecular weight is 317 g/mol. The smallest absolute Gasteiger partial charge is 0.237 e. The van der Waals surface area contributed by atoms with E-state index < -0.39 is 44.4 Å². The SMILES string of the molecule is CCCC1=C(O)c2c(O)c(Cl)c(Cl)c(O)c2C(=O)C1=O. The number of Topliss-reactive ketones (excluding diaryl/α,β-unsaturated/α-hetero) is 2. The molecule has 0 radical (unpaired) electrons. The van der Waals surface area contributed by atoms with E-state index in [1.54, 1.807) is 6.92 Å². The van der Waals surface area contributed by atoms with Crippen LogP contribution in [-0.4, -0.2) is 26.9 Å². The fourth-order valence-corrected chi connectivity index (χ4v) is 2.47. The highest BCUT2D eigenvalue weighted by atomic mass is 35.5. The lowest BCUT2D eigenvalue weighted by atomic mass is 9.85. The normalized spacial score (nSPS) is 14.8. The van der Waals surface area contributed by atoms with Crippen LogP contribution in [-0.2, 0) is 4.79 Å². The van der Waals surface area contributed by atoms with E-state index in [0.717, 1.165) is 0 Å². The molecule has 1 aliphatic rings. The predicted molar refractivity (Wildman–Crippen MR) is 73.6 cm³/mol. The van der Waals surface area contributed by atoms with Gasteiger partial charge in [-0.2, -0.15) is 0 Å². The lowest BCUT2D eigenvalue weighted by molar-refractivity contribution is -0.112. The summed E-state index contributed by atoms with van der Waals surface area (Å²) in [5, 5.41) is 29.0. The van der Waals surface area contributed by atoms with E-state index in [0.29, 0.717) is 6.42 Å². The lowest BCUT2D eigenvalue weighted by Gasteiger charge is -2.20. The topological polar surface area (TPSA) is 94.8 Å². The molecule has 20 heavy (non-hydrogen) atoms. The highest BCUT2D eigenvalue weighted by Gasteiger charge is 2.38. The van der Waals surface area contributed by atoms with Crippen LogP contribution < -0.4 is 0 Å². The van der Waals surface area contributed by atoms with Crippen molar-refractivity contribution in [3.05, 3.63) is 26.7 Å². The average Bonchev–Trinajstić information content (AvgIpc) is 2.42. The number of carbonyl (C=O) groups excluding carboxylic acids is 2. The number of halogens is 2. The maximum absolute atomic E-state index is 12.0. The van der Waals surface area contributed by atoms with Crippen LogP contribution in [0.5, 0.6) is 11.5 Å². The molecule has 5 nitrogen and oxygen atoms in total. The molecule has 0 saturated heterocycles. The number of carbonyl (C=O) groups is 2. The molecule has 7 heteroatoms. The summed E-state index contributed by atoms with van der Waals surface area (Å²) in [5.41, 5.74) is -0.998. The van der Waals surface area contributed by atoms with Gasteiger partial charge in [0.25, 0.3) is 0 Å². The summed E-state index contributed by atoms with van der Waals surface area (Å²) in [5.74, 6) is -3.89. The molecule has 0 aliphatic heterocycles. The van der Waals surface area contributed by atoms with Crippen molar-refractivity contribution in [2.24, 2.45) is 0 Å². The van der Waals surface area contributed by atoms with Crippen molar-refractivity contribution in [2.75, 3.05) is 0 Å². The maximum Gasteiger partial charge on any atom is 0.237 e. The van der Waals surface area contributed by atoms with Crippen molar-refractivity contribution in [3.63, 3.8) is 0 Å². The molecule has 0 aromatic heterocycles. The first-order chi connectivity index (χ1) is 9.32. The molecule has 0 spiro atoms. The summed E-state index contributed by atoms with van der Waals surface area (Å²) >= 11 is 11.4. The lowest BCUT2D eigenvalue weighted by Crippen LogP contribution is -2.24. The van der Waals surface area contributed by atoms with Crippen molar-refractivity contribution in [1.29, 1.82) is 0 Å². The number of aromatic hydroxyl groups is 2. The Kier molecular flexibility index (Phi) is 3.67. The van der Waals surface area contributed by atoms with E-state index in [4.69, 9.17) is 23.2 Å². The van der Waals surface area contributed by atoms with E-state index >= 15 is 0 Å². The number of aliphatic hydroxyl groups excluding tert-OH is 1. The molecular formula is C13H10Cl2O5. The van der Waals surface area contributed by atoms with Gasteiger partial charge in [0, 0.05) is 5.57 Å². The van der Waals surface area contributed by atoms with Crippen molar-refractivity contribution in [3.8, 4) is 11.5 Å². The Morgan fingerprint density at radius 1 is 0.900 bits per heavy atom. The molecule has 1 aromatic rings. The fourth-order valence-electron chi connectivity index (χ4n) is 2.11. The molecule has 1 aromatic carbocycles. The van der Waals surface area contributed by atoms with Gasteiger partial charge in [-0.1, -0.05) is 36.5 Å². The van der Waals surface area contributed by atoms with Crippen molar-refractivity contribution in [1.82, 2.24) is 0 Å². The summed E-state index contributed by atoms with van der Waals surface area (Å²) < 4.78 is 0. The van der Waals surface area contributed by atoms with Gasteiger partial charge in [-0.05, 0) is 6.42 Å². The predicted octanol–water partition coefficient (Wildman–Crippen LogP) is 3.24. The van der Waals surface area contributed by atoms with Gasteiger partial charge < -0.3 is 15.3 Å². The van der Waals surface area contributed by atoms with E-state index in [2.05, 4.69) is 0 Å². The number of ketones is 2. The summed E-state index contributed by atoms with van der Waals surface area (Å²) in [6, 6.07) is 0. The van der Waals surface area contributed by atoms with Crippen LogP contribution in [0.25, 0.3) is 5.76 Å². The summed E-state index contributed by atoms with van der Waals surface area (Å²) in [6.45, 7) is 1.76. The van der Waals surface area contributed by atoms with E-state index in [1.807, 2.05) is 0 Å². The number of phenolic OH excluding ortho intramolecular Hbond substituents is 2. The third kappa shape index (κ3) is 1.85. The van der Waals surface area contributed by atoms with Gasteiger partial charge in [0.2, 0.25) is 11.6 Å². The van der Waals surface area contributed by atoms with E-state index in [9.17, 15) is 24.9 Å². The third-order valence-corrected chi connectivity index (χ3v) is 3.89. The number of allylic oxidation sites excluding steroid dienone is 1. The highest BCUT2D eigenvalue weighted by Crippen LogP contribution is 2.48. The Balaban J connectivity index is 2.90. The minimum Gasteiger partial charge on any atom is -0.507 e. The highest BCUT2D eigenvalue weighted by molar-refractivity contribution is 6.54.